The lowest BCUT2D eigenvalue weighted by molar-refractivity contribution is -0.118. The highest BCUT2D eigenvalue weighted by molar-refractivity contribution is 7.14. The van der Waals surface area contributed by atoms with E-state index in [9.17, 15) is 4.79 Å². The van der Waals surface area contributed by atoms with E-state index in [2.05, 4.69) is 15.6 Å². The van der Waals surface area contributed by atoms with E-state index in [1.807, 2.05) is 54.6 Å². The Bertz CT molecular complexity index is 920. The van der Waals surface area contributed by atoms with Crippen LogP contribution in [0.15, 0.2) is 60.0 Å². The molecule has 2 heterocycles. The Morgan fingerprint density at radius 3 is 2.71 bits per heavy atom. The van der Waals surface area contributed by atoms with Gasteiger partial charge in [-0.1, -0.05) is 30.3 Å². The average molecular weight is 394 g/mol. The first-order chi connectivity index (χ1) is 13.8. The van der Waals surface area contributed by atoms with Gasteiger partial charge < -0.3 is 15.0 Å². The number of aromatic nitrogens is 1. The number of carbonyl (C=O) groups is 1. The summed E-state index contributed by atoms with van der Waals surface area (Å²) in [6, 6.07) is 17.1. The highest BCUT2D eigenvalue weighted by Crippen LogP contribution is 2.30. The number of piperidine rings is 1. The van der Waals surface area contributed by atoms with Gasteiger partial charge in [0.15, 0.2) is 11.7 Å². The van der Waals surface area contributed by atoms with E-state index in [1.54, 1.807) is 11.3 Å². The second kappa shape index (κ2) is 8.89. The molecule has 0 aliphatic carbocycles. The van der Waals surface area contributed by atoms with Crippen LogP contribution in [0.4, 0.5) is 10.8 Å². The normalized spacial score (nSPS) is 13.9. The van der Waals surface area contributed by atoms with E-state index in [4.69, 9.17) is 9.72 Å². The van der Waals surface area contributed by atoms with Gasteiger partial charge in [0.1, 0.15) is 5.75 Å². The first-order valence-corrected chi connectivity index (χ1v) is 10.4. The summed E-state index contributed by atoms with van der Waals surface area (Å²) < 4.78 is 5.50. The summed E-state index contributed by atoms with van der Waals surface area (Å²) in [6.45, 7) is 2.15. The molecule has 0 radical (unpaired) electrons. The molecule has 1 N–H and O–H groups in total. The van der Waals surface area contributed by atoms with Crippen molar-refractivity contribution in [2.24, 2.45) is 0 Å². The van der Waals surface area contributed by atoms with Crippen LogP contribution in [-0.2, 0) is 4.79 Å². The van der Waals surface area contributed by atoms with Gasteiger partial charge in [0.2, 0.25) is 0 Å². The van der Waals surface area contributed by atoms with E-state index in [-0.39, 0.29) is 12.5 Å². The maximum Gasteiger partial charge on any atom is 0.262 e. The molecule has 1 fully saturated rings. The predicted molar refractivity (Wildman–Crippen MR) is 114 cm³/mol. The first-order valence-electron chi connectivity index (χ1n) is 9.56. The van der Waals surface area contributed by atoms with Gasteiger partial charge >= 0.3 is 0 Å². The predicted octanol–water partition coefficient (Wildman–Crippen LogP) is 4.82. The van der Waals surface area contributed by atoms with Gasteiger partial charge in [0.25, 0.3) is 5.91 Å². The second-order valence-corrected chi connectivity index (χ2v) is 7.63. The molecular formula is C22H23N3O2S. The van der Waals surface area contributed by atoms with Crippen molar-refractivity contribution < 1.29 is 9.53 Å². The lowest BCUT2D eigenvalue weighted by Gasteiger charge is -2.25. The third kappa shape index (κ3) is 4.70. The minimum Gasteiger partial charge on any atom is -0.484 e. The SMILES string of the molecule is O=C(COc1ccccc1)Nc1cccc(-c2csc(N3CCCCC3)n2)c1. The van der Waals surface area contributed by atoms with Gasteiger partial charge in [-0.15, -0.1) is 11.3 Å². The van der Waals surface area contributed by atoms with Gasteiger partial charge in [0.05, 0.1) is 5.69 Å². The summed E-state index contributed by atoms with van der Waals surface area (Å²) in [7, 11) is 0. The Labute approximate surface area is 169 Å². The lowest BCUT2D eigenvalue weighted by atomic mass is 10.1. The summed E-state index contributed by atoms with van der Waals surface area (Å²) in [4.78, 5) is 19.4. The lowest BCUT2D eigenvalue weighted by Crippen LogP contribution is -2.29. The van der Waals surface area contributed by atoms with E-state index in [1.165, 1.54) is 19.3 Å². The topological polar surface area (TPSA) is 54.5 Å². The van der Waals surface area contributed by atoms with Crippen molar-refractivity contribution in [2.45, 2.75) is 19.3 Å². The van der Waals surface area contributed by atoms with Gasteiger partial charge in [-0.2, -0.15) is 0 Å². The number of hydrogen-bond acceptors (Lipinski definition) is 5. The molecule has 28 heavy (non-hydrogen) atoms. The van der Waals surface area contributed by atoms with Crippen LogP contribution >= 0.6 is 11.3 Å². The standard InChI is InChI=1S/C22H23N3O2S/c26-21(15-27-19-10-3-1-4-11-19)23-18-9-7-8-17(14-18)20-16-28-22(24-20)25-12-5-2-6-13-25/h1,3-4,7-11,14,16H,2,5-6,12-13,15H2,(H,23,26). The van der Waals surface area contributed by atoms with Crippen LogP contribution in [0.3, 0.4) is 0 Å². The van der Waals surface area contributed by atoms with Crippen molar-refractivity contribution in [3.8, 4) is 17.0 Å². The molecule has 1 aromatic heterocycles. The molecule has 3 aromatic rings. The molecular weight excluding hydrogens is 370 g/mol. The third-order valence-electron chi connectivity index (χ3n) is 4.67. The summed E-state index contributed by atoms with van der Waals surface area (Å²) in [5.74, 6) is 0.493. The number of ether oxygens (including phenoxy) is 1. The molecule has 0 spiro atoms. The molecule has 1 saturated heterocycles. The number of hydrogen-bond donors (Lipinski definition) is 1. The molecule has 0 bridgehead atoms. The average Bonchev–Trinajstić information content (AvgIpc) is 3.24. The Morgan fingerprint density at radius 1 is 1.07 bits per heavy atom. The van der Waals surface area contributed by atoms with Crippen molar-refractivity contribution in [1.82, 2.24) is 4.98 Å². The Morgan fingerprint density at radius 2 is 1.89 bits per heavy atom. The molecule has 1 aliphatic heterocycles. The summed E-state index contributed by atoms with van der Waals surface area (Å²) in [6.07, 6.45) is 3.79. The summed E-state index contributed by atoms with van der Waals surface area (Å²) in [5, 5.41) is 6.06. The maximum atomic E-state index is 12.2. The molecule has 4 rings (SSSR count). The van der Waals surface area contributed by atoms with Crippen molar-refractivity contribution in [2.75, 3.05) is 29.9 Å². The minimum atomic E-state index is -0.187. The van der Waals surface area contributed by atoms with Crippen molar-refractivity contribution in [3.05, 3.63) is 60.0 Å². The summed E-state index contributed by atoms with van der Waals surface area (Å²) >= 11 is 1.68. The highest BCUT2D eigenvalue weighted by atomic mass is 32.1. The van der Waals surface area contributed by atoms with Crippen molar-refractivity contribution in [3.63, 3.8) is 0 Å². The number of benzene rings is 2. The number of anilines is 2. The van der Waals surface area contributed by atoms with Crippen LogP contribution in [-0.4, -0.2) is 30.6 Å². The Hall–Kier alpha value is -2.86. The number of amides is 1. The molecule has 2 aromatic carbocycles. The van der Waals surface area contributed by atoms with Gasteiger partial charge in [0, 0.05) is 29.7 Å². The fourth-order valence-corrected chi connectivity index (χ4v) is 4.13. The minimum absolute atomic E-state index is 0.0238. The largest absolute Gasteiger partial charge is 0.484 e. The van der Waals surface area contributed by atoms with E-state index >= 15 is 0 Å². The second-order valence-electron chi connectivity index (χ2n) is 6.79. The fourth-order valence-electron chi connectivity index (χ4n) is 3.25. The van der Waals surface area contributed by atoms with Crippen molar-refractivity contribution >= 4 is 28.1 Å². The molecule has 6 heteroatoms. The number of carbonyl (C=O) groups excluding carboxylic acids is 1. The van der Waals surface area contributed by atoms with Crippen LogP contribution in [0.1, 0.15) is 19.3 Å². The van der Waals surface area contributed by atoms with Crippen molar-refractivity contribution in [1.29, 1.82) is 0 Å². The van der Waals surface area contributed by atoms with E-state index in [0.29, 0.717) is 5.75 Å². The number of para-hydroxylation sites is 1. The molecule has 0 saturated carbocycles. The Kier molecular flexibility index (Phi) is 5.87. The van der Waals surface area contributed by atoms with Gasteiger partial charge in [-0.25, -0.2) is 4.98 Å². The van der Waals surface area contributed by atoms with E-state index < -0.39 is 0 Å². The zero-order chi connectivity index (χ0) is 19.2. The third-order valence-corrected chi connectivity index (χ3v) is 5.58. The zero-order valence-electron chi connectivity index (χ0n) is 15.6. The first kappa shape index (κ1) is 18.5. The number of thiazole rings is 1. The summed E-state index contributed by atoms with van der Waals surface area (Å²) in [5.41, 5.74) is 2.69. The molecule has 144 valence electrons. The fraction of sp³-hybridized carbons (Fsp3) is 0.273. The molecule has 1 amide bonds. The Balaban J connectivity index is 1.39. The number of nitrogens with one attached hydrogen (secondary N) is 1. The molecule has 0 unspecified atom stereocenters. The number of rotatable bonds is 6. The van der Waals surface area contributed by atoms with Crippen LogP contribution in [0.5, 0.6) is 5.75 Å². The maximum absolute atomic E-state index is 12.2. The van der Waals surface area contributed by atoms with Crippen LogP contribution in [0.2, 0.25) is 0 Å². The van der Waals surface area contributed by atoms with Crippen LogP contribution in [0, 0.1) is 0 Å². The van der Waals surface area contributed by atoms with Crippen LogP contribution < -0.4 is 15.0 Å². The molecule has 0 atom stereocenters. The zero-order valence-corrected chi connectivity index (χ0v) is 16.5. The van der Waals surface area contributed by atoms with E-state index in [0.717, 1.165) is 35.2 Å². The van der Waals surface area contributed by atoms with Gasteiger partial charge in [-0.05, 0) is 43.5 Å². The highest BCUT2D eigenvalue weighted by Gasteiger charge is 2.15. The smallest absolute Gasteiger partial charge is 0.262 e. The quantitative estimate of drug-likeness (QED) is 0.652. The molecule has 1 aliphatic rings. The van der Waals surface area contributed by atoms with Crippen LogP contribution in [0.25, 0.3) is 11.3 Å². The molecule has 5 nitrogen and oxygen atoms in total. The monoisotopic (exact) mass is 393 g/mol. The van der Waals surface area contributed by atoms with Gasteiger partial charge in [-0.3, -0.25) is 4.79 Å². The number of nitrogens with zero attached hydrogens (tertiary/aromatic N) is 2.